The summed E-state index contributed by atoms with van der Waals surface area (Å²) in [5, 5.41) is 9.66. The van der Waals surface area contributed by atoms with Gasteiger partial charge in [-0.15, -0.1) is 0 Å². The number of amides is 2. The van der Waals surface area contributed by atoms with Crippen molar-refractivity contribution in [2.45, 2.75) is 26.0 Å². The van der Waals surface area contributed by atoms with Crippen LogP contribution in [0.15, 0.2) is 47.1 Å². The van der Waals surface area contributed by atoms with Crippen molar-refractivity contribution in [1.29, 1.82) is 0 Å². The molecule has 0 spiro atoms. The van der Waals surface area contributed by atoms with Crippen LogP contribution in [0.1, 0.15) is 34.6 Å². The van der Waals surface area contributed by atoms with Crippen molar-refractivity contribution in [3.05, 3.63) is 58.2 Å². The minimum absolute atomic E-state index is 0.0902. The van der Waals surface area contributed by atoms with Gasteiger partial charge in [0.25, 0.3) is 11.8 Å². The molecular weight excluding hydrogens is 450 g/mol. The van der Waals surface area contributed by atoms with Crippen LogP contribution >= 0.6 is 15.9 Å². The second kappa shape index (κ2) is 9.57. The lowest BCUT2D eigenvalue weighted by molar-refractivity contribution is 0.0313. The standard InChI is InChI=1S/C22H26BrN3O4/c1-14-11-26(15(2)13-27)22(29)18-9-17(23)10-24-20(18)30-19(14)12-25(3)21(28)16-7-5-4-6-8-16/h4-10,14-15,19,27H,11-13H2,1-3H3/t14-,15+,19-/m1/s1. The number of ether oxygens (including phenoxy) is 1. The second-order valence-electron chi connectivity index (χ2n) is 7.68. The number of fused-ring (bicyclic) bond motifs is 1. The van der Waals surface area contributed by atoms with E-state index in [1.54, 1.807) is 48.2 Å². The third-order valence-corrected chi connectivity index (χ3v) is 5.74. The first-order valence-electron chi connectivity index (χ1n) is 9.86. The fourth-order valence-corrected chi connectivity index (χ4v) is 3.78. The summed E-state index contributed by atoms with van der Waals surface area (Å²) in [6, 6.07) is 10.4. The SMILES string of the molecule is C[C@@H]1CN([C@@H](C)CO)C(=O)c2cc(Br)cnc2O[C@@H]1CN(C)C(=O)c1ccccc1. The Morgan fingerprint density at radius 2 is 2.10 bits per heavy atom. The lowest BCUT2D eigenvalue weighted by Gasteiger charge is -2.37. The van der Waals surface area contributed by atoms with E-state index in [0.717, 1.165) is 0 Å². The largest absolute Gasteiger partial charge is 0.472 e. The highest BCUT2D eigenvalue weighted by molar-refractivity contribution is 9.10. The van der Waals surface area contributed by atoms with E-state index in [4.69, 9.17) is 4.74 Å². The van der Waals surface area contributed by atoms with E-state index < -0.39 is 0 Å². The van der Waals surface area contributed by atoms with E-state index in [1.807, 2.05) is 25.1 Å². The van der Waals surface area contributed by atoms with Crippen molar-refractivity contribution in [1.82, 2.24) is 14.8 Å². The molecule has 30 heavy (non-hydrogen) atoms. The van der Waals surface area contributed by atoms with Crippen LogP contribution in [0.4, 0.5) is 0 Å². The van der Waals surface area contributed by atoms with Gasteiger partial charge in [0, 0.05) is 35.7 Å². The molecule has 2 aromatic rings. The Morgan fingerprint density at radius 1 is 1.40 bits per heavy atom. The number of pyridine rings is 1. The van der Waals surface area contributed by atoms with Gasteiger partial charge < -0.3 is 19.6 Å². The first-order valence-corrected chi connectivity index (χ1v) is 10.7. The summed E-state index contributed by atoms with van der Waals surface area (Å²) in [5.41, 5.74) is 0.935. The van der Waals surface area contributed by atoms with Crippen molar-refractivity contribution in [2.24, 2.45) is 5.92 Å². The van der Waals surface area contributed by atoms with E-state index in [1.165, 1.54) is 0 Å². The van der Waals surface area contributed by atoms with Crippen molar-refractivity contribution in [3.8, 4) is 5.88 Å². The lowest BCUT2D eigenvalue weighted by Crippen LogP contribution is -2.50. The molecule has 160 valence electrons. The summed E-state index contributed by atoms with van der Waals surface area (Å²) in [6.45, 7) is 4.36. The van der Waals surface area contributed by atoms with Gasteiger partial charge in [0.15, 0.2) is 0 Å². The van der Waals surface area contributed by atoms with E-state index in [9.17, 15) is 14.7 Å². The predicted molar refractivity (Wildman–Crippen MR) is 117 cm³/mol. The van der Waals surface area contributed by atoms with E-state index >= 15 is 0 Å². The first-order chi connectivity index (χ1) is 14.3. The quantitative estimate of drug-likeness (QED) is 0.718. The number of nitrogens with zero attached hydrogens (tertiary/aromatic N) is 3. The molecule has 8 heteroatoms. The van der Waals surface area contributed by atoms with Gasteiger partial charge in [-0.05, 0) is 41.1 Å². The lowest BCUT2D eigenvalue weighted by atomic mass is 10.00. The minimum Gasteiger partial charge on any atom is -0.472 e. The summed E-state index contributed by atoms with van der Waals surface area (Å²) in [4.78, 5) is 33.5. The minimum atomic E-state index is -0.378. The number of carbonyl (C=O) groups excluding carboxylic acids is 2. The zero-order valence-electron chi connectivity index (χ0n) is 17.3. The molecule has 1 aliphatic rings. The van der Waals surface area contributed by atoms with Crippen LogP contribution < -0.4 is 4.74 Å². The molecule has 0 fully saturated rings. The topological polar surface area (TPSA) is 83.0 Å². The molecule has 1 N–H and O–H groups in total. The van der Waals surface area contributed by atoms with Crippen LogP contribution in [-0.2, 0) is 0 Å². The van der Waals surface area contributed by atoms with Gasteiger partial charge in [-0.25, -0.2) is 4.98 Å². The molecule has 0 radical (unpaired) electrons. The van der Waals surface area contributed by atoms with Crippen molar-refractivity contribution in [2.75, 3.05) is 26.7 Å². The summed E-state index contributed by atoms with van der Waals surface area (Å²) in [6.07, 6.45) is 1.20. The maximum absolute atomic E-state index is 13.1. The van der Waals surface area contributed by atoms with Gasteiger partial charge in [0.05, 0.1) is 19.2 Å². The Morgan fingerprint density at radius 3 is 2.77 bits per heavy atom. The number of carbonyl (C=O) groups is 2. The van der Waals surface area contributed by atoms with Crippen molar-refractivity contribution >= 4 is 27.7 Å². The molecule has 7 nitrogen and oxygen atoms in total. The molecule has 0 aliphatic carbocycles. The number of hydrogen-bond donors (Lipinski definition) is 1. The van der Waals surface area contributed by atoms with Gasteiger partial charge in [-0.1, -0.05) is 25.1 Å². The zero-order valence-corrected chi connectivity index (χ0v) is 18.9. The summed E-state index contributed by atoms with van der Waals surface area (Å²) in [7, 11) is 1.74. The second-order valence-corrected chi connectivity index (χ2v) is 8.60. The first kappa shape index (κ1) is 22.2. The molecule has 0 saturated carbocycles. The number of hydrogen-bond acceptors (Lipinski definition) is 5. The van der Waals surface area contributed by atoms with Crippen LogP contribution in [-0.4, -0.2) is 70.6 Å². The Hall–Kier alpha value is -2.45. The van der Waals surface area contributed by atoms with Gasteiger partial charge in [-0.3, -0.25) is 9.59 Å². The van der Waals surface area contributed by atoms with E-state index in [-0.39, 0.29) is 42.4 Å². The molecule has 0 bridgehead atoms. The molecule has 2 amide bonds. The van der Waals surface area contributed by atoms with Gasteiger partial charge in [0.2, 0.25) is 5.88 Å². The molecule has 0 saturated heterocycles. The highest BCUT2D eigenvalue weighted by Crippen LogP contribution is 2.28. The molecule has 2 heterocycles. The highest BCUT2D eigenvalue weighted by Gasteiger charge is 2.34. The average Bonchev–Trinajstić information content (AvgIpc) is 2.76. The maximum atomic E-state index is 13.1. The van der Waals surface area contributed by atoms with Gasteiger partial charge in [0.1, 0.15) is 11.7 Å². The molecule has 3 atom stereocenters. The van der Waals surface area contributed by atoms with Crippen LogP contribution in [0.3, 0.4) is 0 Å². The van der Waals surface area contributed by atoms with Crippen LogP contribution in [0.5, 0.6) is 5.88 Å². The smallest absolute Gasteiger partial charge is 0.259 e. The van der Waals surface area contributed by atoms with Gasteiger partial charge in [-0.2, -0.15) is 0 Å². The predicted octanol–water partition coefficient (Wildman–Crippen LogP) is 2.84. The fraction of sp³-hybridized carbons (Fsp3) is 0.409. The maximum Gasteiger partial charge on any atom is 0.259 e. The zero-order chi connectivity index (χ0) is 21.8. The Bertz CT molecular complexity index is 909. The third kappa shape index (κ3) is 4.82. The number of benzene rings is 1. The number of halogens is 1. The molecule has 0 unspecified atom stereocenters. The molecule has 3 rings (SSSR count). The van der Waals surface area contributed by atoms with Crippen molar-refractivity contribution < 1.29 is 19.4 Å². The average molecular weight is 476 g/mol. The third-order valence-electron chi connectivity index (χ3n) is 5.31. The van der Waals surface area contributed by atoms with Crippen LogP contribution in [0.2, 0.25) is 0 Å². The number of aliphatic hydroxyl groups excluding tert-OH is 1. The Kier molecular flexibility index (Phi) is 7.10. The molecule has 1 aliphatic heterocycles. The van der Waals surface area contributed by atoms with E-state index in [0.29, 0.717) is 28.7 Å². The molecular formula is C22H26BrN3O4. The fourth-order valence-electron chi connectivity index (χ4n) is 3.45. The molecule has 1 aromatic heterocycles. The monoisotopic (exact) mass is 475 g/mol. The Balaban J connectivity index is 1.90. The molecule has 1 aromatic carbocycles. The normalized spacial score (nSPS) is 19.9. The number of rotatable bonds is 5. The summed E-state index contributed by atoms with van der Waals surface area (Å²) >= 11 is 3.36. The van der Waals surface area contributed by atoms with Crippen LogP contribution in [0, 0.1) is 5.92 Å². The number of aliphatic hydroxyl groups is 1. The Labute approximate surface area is 184 Å². The summed E-state index contributed by atoms with van der Waals surface area (Å²) in [5.74, 6) is -0.198. The summed E-state index contributed by atoms with van der Waals surface area (Å²) < 4.78 is 6.82. The highest BCUT2D eigenvalue weighted by atomic mass is 79.9. The van der Waals surface area contributed by atoms with Gasteiger partial charge >= 0.3 is 0 Å². The van der Waals surface area contributed by atoms with Crippen LogP contribution in [0.25, 0.3) is 0 Å². The number of likely N-dealkylation sites (N-methyl/N-ethyl adjacent to an activating group) is 1. The van der Waals surface area contributed by atoms with Crippen molar-refractivity contribution in [3.63, 3.8) is 0 Å². The number of aromatic nitrogens is 1. The van der Waals surface area contributed by atoms with E-state index in [2.05, 4.69) is 20.9 Å².